The van der Waals surface area contributed by atoms with Crippen LogP contribution in [0, 0.1) is 0 Å². The summed E-state index contributed by atoms with van der Waals surface area (Å²) in [7, 11) is 0.992. The molecule has 0 rings (SSSR count). The number of phosphoric ester groups is 1. The quantitative estimate of drug-likeness (QED) is 0.0154. The van der Waals surface area contributed by atoms with Crippen LogP contribution in [0.25, 0.3) is 0 Å². The van der Waals surface area contributed by atoms with Gasteiger partial charge in [0.05, 0.1) is 40.0 Å². The first-order valence-electron chi connectivity index (χ1n) is 21.9. The lowest BCUT2D eigenvalue weighted by molar-refractivity contribution is -0.870. The first kappa shape index (κ1) is 55.4. The van der Waals surface area contributed by atoms with Gasteiger partial charge in [-0.05, 0) is 64.2 Å². The number of quaternary nitrogens is 1. The maximum Gasteiger partial charge on any atom is 0.306 e. The summed E-state index contributed by atoms with van der Waals surface area (Å²) < 4.78 is 33.6. The summed E-state index contributed by atoms with van der Waals surface area (Å²) in [5, 5.41) is 20.3. The molecule has 0 aliphatic carbocycles. The number of aliphatic hydroxyl groups is 2. The second-order valence-electron chi connectivity index (χ2n) is 15.7. The average Bonchev–Trinajstić information content (AvgIpc) is 3.16. The topological polar surface area (TPSA) is 152 Å². The zero-order valence-corrected chi connectivity index (χ0v) is 37.6. The number of carbonyl (C=O) groups excluding carboxylic acids is 2. The van der Waals surface area contributed by atoms with Crippen molar-refractivity contribution < 1.29 is 52.3 Å². The van der Waals surface area contributed by atoms with Crippen LogP contribution in [-0.4, -0.2) is 92.5 Å². The van der Waals surface area contributed by atoms with Crippen molar-refractivity contribution in [3.63, 3.8) is 0 Å². The molecule has 0 heterocycles. The number of hydrogen-bond donors (Lipinski definition) is 2. The molecule has 0 saturated carbocycles. The second kappa shape index (κ2) is 37.4. The Morgan fingerprint density at radius 3 is 1.90 bits per heavy atom. The summed E-state index contributed by atoms with van der Waals surface area (Å²) >= 11 is 0. The van der Waals surface area contributed by atoms with Crippen molar-refractivity contribution in [1.82, 2.24) is 0 Å². The number of carbonyl (C=O) groups is 2. The van der Waals surface area contributed by atoms with Crippen LogP contribution in [0.15, 0.2) is 72.9 Å². The van der Waals surface area contributed by atoms with Crippen molar-refractivity contribution in [2.45, 2.75) is 161 Å². The summed E-state index contributed by atoms with van der Waals surface area (Å²) in [6.07, 6.45) is 38.5. The fourth-order valence-corrected chi connectivity index (χ4v) is 6.14. The molecule has 0 aromatic heterocycles. The monoisotopic (exact) mass is 838 g/mol. The lowest BCUT2D eigenvalue weighted by Crippen LogP contribution is -2.37. The minimum atomic E-state index is -4.70. The molecule has 4 unspecified atom stereocenters. The number of aliphatic hydroxyl groups excluding tert-OH is 2. The van der Waals surface area contributed by atoms with Gasteiger partial charge in [-0.1, -0.05) is 138 Å². The molecular formula is C46H80NO10P. The molecular weight excluding hydrogens is 757 g/mol. The van der Waals surface area contributed by atoms with Crippen LogP contribution in [0.5, 0.6) is 0 Å². The number of unbranched alkanes of at least 4 members (excludes halogenated alkanes) is 11. The molecule has 58 heavy (non-hydrogen) atoms. The van der Waals surface area contributed by atoms with Crippen LogP contribution in [-0.2, 0) is 32.7 Å². The highest BCUT2D eigenvalue weighted by Crippen LogP contribution is 2.38. The number of nitrogens with zero attached hydrogens (tertiary/aromatic N) is 1. The number of hydrogen-bond acceptors (Lipinski definition) is 10. The Kier molecular flexibility index (Phi) is 35.7. The van der Waals surface area contributed by atoms with E-state index in [1.807, 2.05) is 33.3 Å². The van der Waals surface area contributed by atoms with E-state index in [1.165, 1.54) is 38.5 Å². The highest BCUT2D eigenvalue weighted by molar-refractivity contribution is 7.45. The standard InChI is InChI=1S/C46H80NO10P/c1-6-8-10-12-14-15-16-17-18-19-20-21-22-24-30-36-45(50)54-40-44(41-56-58(52,53)55-39-38-47(3,4)5)57-46(51)37-31-35-43(49)34-29-26-25-28-33-42(48)32-27-23-13-11-9-7-2/h9,11,17-18,23,25-29,33-34,42-44,48-49H,6-8,10,12-16,19-22,24,30-32,35-41H2,1-5H3/b11-9-,18-17-,26-25-,27-23-,33-28+,34-29+. The highest BCUT2D eigenvalue weighted by Gasteiger charge is 2.22. The summed E-state index contributed by atoms with van der Waals surface area (Å²) in [5.41, 5.74) is 0. The predicted octanol–water partition coefficient (Wildman–Crippen LogP) is 9.55. The Balaban J connectivity index is 4.66. The smallest absolute Gasteiger partial charge is 0.306 e. The third kappa shape index (κ3) is 40.2. The van der Waals surface area contributed by atoms with Crippen molar-refractivity contribution in [3.05, 3.63) is 72.9 Å². The zero-order valence-electron chi connectivity index (χ0n) is 36.7. The molecule has 0 aliphatic rings. The maximum absolute atomic E-state index is 12.7. The second-order valence-corrected chi connectivity index (χ2v) is 17.1. The number of esters is 2. The molecule has 0 amide bonds. The van der Waals surface area contributed by atoms with Crippen LogP contribution < -0.4 is 4.89 Å². The van der Waals surface area contributed by atoms with Gasteiger partial charge in [-0.2, -0.15) is 0 Å². The molecule has 0 aliphatic heterocycles. The number of ether oxygens (including phenoxy) is 2. The Bertz CT molecular complexity index is 1250. The van der Waals surface area contributed by atoms with Gasteiger partial charge < -0.3 is 38.1 Å². The fourth-order valence-electron chi connectivity index (χ4n) is 5.41. The Hall–Kier alpha value is -2.63. The number of phosphoric acid groups is 1. The highest BCUT2D eigenvalue weighted by atomic mass is 31.2. The molecule has 0 aromatic carbocycles. The van der Waals surface area contributed by atoms with Gasteiger partial charge in [0.15, 0.2) is 6.10 Å². The van der Waals surface area contributed by atoms with Crippen molar-refractivity contribution in [1.29, 1.82) is 0 Å². The van der Waals surface area contributed by atoms with E-state index in [0.717, 1.165) is 51.4 Å². The molecule has 0 radical (unpaired) electrons. The van der Waals surface area contributed by atoms with Gasteiger partial charge in [0.1, 0.15) is 19.8 Å². The molecule has 0 spiro atoms. The number of likely N-dealkylation sites (N-methyl/N-ethyl adjacent to an activating group) is 1. The Labute approximate surface area is 352 Å². The van der Waals surface area contributed by atoms with E-state index in [2.05, 4.69) is 38.2 Å². The largest absolute Gasteiger partial charge is 0.756 e. The first-order chi connectivity index (χ1) is 27.8. The van der Waals surface area contributed by atoms with Gasteiger partial charge in [-0.3, -0.25) is 14.2 Å². The molecule has 0 saturated heterocycles. The van der Waals surface area contributed by atoms with Crippen LogP contribution >= 0.6 is 7.82 Å². The Morgan fingerprint density at radius 2 is 1.26 bits per heavy atom. The van der Waals surface area contributed by atoms with Gasteiger partial charge in [0, 0.05) is 12.8 Å². The van der Waals surface area contributed by atoms with Crippen LogP contribution in [0.1, 0.15) is 142 Å². The Morgan fingerprint density at radius 1 is 0.672 bits per heavy atom. The third-order valence-corrected chi connectivity index (χ3v) is 9.86. The van der Waals surface area contributed by atoms with Crippen LogP contribution in [0.3, 0.4) is 0 Å². The third-order valence-electron chi connectivity index (χ3n) is 8.90. The minimum Gasteiger partial charge on any atom is -0.756 e. The molecule has 12 heteroatoms. The van der Waals surface area contributed by atoms with Gasteiger partial charge in [-0.15, -0.1) is 0 Å². The van der Waals surface area contributed by atoms with Crippen molar-refractivity contribution in [2.24, 2.45) is 0 Å². The van der Waals surface area contributed by atoms with Gasteiger partial charge in [-0.25, -0.2) is 0 Å². The summed E-state index contributed by atoms with van der Waals surface area (Å²) in [4.78, 5) is 37.5. The van der Waals surface area contributed by atoms with E-state index in [1.54, 1.807) is 36.5 Å². The average molecular weight is 838 g/mol. The van der Waals surface area contributed by atoms with Gasteiger partial charge in [0.2, 0.25) is 0 Å². The molecule has 0 fully saturated rings. The van der Waals surface area contributed by atoms with E-state index >= 15 is 0 Å². The summed E-state index contributed by atoms with van der Waals surface area (Å²) in [5.74, 6) is -1.09. The fraction of sp³-hybridized carbons (Fsp3) is 0.696. The normalized spacial score (nSPS) is 15.4. The van der Waals surface area contributed by atoms with Crippen molar-refractivity contribution >= 4 is 19.8 Å². The minimum absolute atomic E-state index is 0.0426. The lowest BCUT2D eigenvalue weighted by Gasteiger charge is -2.28. The molecule has 0 bridgehead atoms. The maximum atomic E-state index is 12.7. The lowest BCUT2D eigenvalue weighted by atomic mass is 10.1. The van der Waals surface area contributed by atoms with E-state index in [-0.39, 0.29) is 32.5 Å². The van der Waals surface area contributed by atoms with Crippen LogP contribution in [0.4, 0.5) is 0 Å². The number of rotatable bonds is 38. The van der Waals surface area contributed by atoms with Crippen LogP contribution in [0.2, 0.25) is 0 Å². The summed E-state index contributed by atoms with van der Waals surface area (Å²) in [6, 6.07) is 0. The zero-order chi connectivity index (χ0) is 43.2. The number of allylic oxidation sites excluding steroid dienone is 9. The molecule has 4 atom stereocenters. The molecule has 11 nitrogen and oxygen atoms in total. The molecule has 2 N–H and O–H groups in total. The predicted molar refractivity (Wildman–Crippen MR) is 234 cm³/mol. The van der Waals surface area contributed by atoms with Gasteiger partial charge >= 0.3 is 11.9 Å². The molecule has 334 valence electrons. The molecule has 0 aromatic rings. The van der Waals surface area contributed by atoms with E-state index in [4.69, 9.17) is 18.5 Å². The van der Waals surface area contributed by atoms with Crippen molar-refractivity contribution in [3.8, 4) is 0 Å². The van der Waals surface area contributed by atoms with Gasteiger partial charge in [0.25, 0.3) is 7.82 Å². The summed E-state index contributed by atoms with van der Waals surface area (Å²) in [6.45, 7) is 3.75. The van der Waals surface area contributed by atoms with E-state index in [9.17, 15) is 29.3 Å². The van der Waals surface area contributed by atoms with E-state index in [0.29, 0.717) is 30.3 Å². The van der Waals surface area contributed by atoms with Crippen molar-refractivity contribution in [2.75, 3.05) is 47.5 Å². The first-order valence-corrected chi connectivity index (χ1v) is 23.3. The SMILES string of the molecule is CC/C=C\C/C=C\CC(O)/C=C/C=C\C=C\C(O)CCCC(=O)OC(COC(=O)CCCCCCC/C=C\CCCCCCCC)COP(=O)([O-])OCC[N+](C)(C)C. The van der Waals surface area contributed by atoms with E-state index < -0.39 is 44.7 Å².